The highest BCUT2D eigenvalue weighted by Gasteiger charge is 2.19. The minimum Gasteiger partial charge on any atom is -0.333 e. The highest BCUT2D eigenvalue weighted by atomic mass is 15.2. The number of aromatic nitrogens is 2. The van der Waals surface area contributed by atoms with Crippen LogP contribution in [-0.4, -0.2) is 40.6 Å². The van der Waals surface area contributed by atoms with Crippen LogP contribution < -0.4 is 5.73 Å². The van der Waals surface area contributed by atoms with Gasteiger partial charge in [-0.25, -0.2) is 4.98 Å². The molecule has 4 heteroatoms. The van der Waals surface area contributed by atoms with E-state index in [0.717, 1.165) is 13.1 Å². The molecule has 1 aromatic rings. The number of likely N-dealkylation sites (tertiary alicyclic amines) is 1. The Kier molecular flexibility index (Phi) is 4.78. The first kappa shape index (κ1) is 13.6. The molecule has 0 saturated carbocycles. The molecule has 4 nitrogen and oxygen atoms in total. The molecule has 0 bridgehead atoms. The van der Waals surface area contributed by atoms with Crippen molar-refractivity contribution in [3.8, 4) is 0 Å². The number of hydrogen-bond acceptors (Lipinski definition) is 3. The number of rotatable bonds is 6. The minimum absolute atomic E-state index is 0.422. The van der Waals surface area contributed by atoms with E-state index >= 15 is 0 Å². The summed E-state index contributed by atoms with van der Waals surface area (Å²) in [5.41, 5.74) is 7.20. The summed E-state index contributed by atoms with van der Waals surface area (Å²) in [6.45, 7) is 9.86. The Hall–Kier alpha value is -0.870. The van der Waals surface area contributed by atoms with Crippen LogP contribution in [-0.2, 0) is 6.54 Å². The Morgan fingerprint density at radius 1 is 1.28 bits per heavy atom. The third-order valence-electron chi connectivity index (χ3n) is 4.04. The van der Waals surface area contributed by atoms with Crippen molar-refractivity contribution in [3.05, 3.63) is 18.2 Å². The van der Waals surface area contributed by atoms with Crippen LogP contribution in [0, 0.1) is 5.92 Å². The van der Waals surface area contributed by atoms with Crippen LogP contribution in [0.25, 0.3) is 0 Å². The molecule has 1 aromatic heterocycles. The van der Waals surface area contributed by atoms with Gasteiger partial charge < -0.3 is 15.2 Å². The summed E-state index contributed by atoms with van der Waals surface area (Å²) in [6.07, 6.45) is 6.65. The first-order valence-electron chi connectivity index (χ1n) is 7.14. The van der Waals surface area contributed by atoms with Gasteiger partial charge in [-0.05, 0) is 31.8 Å². The van der Waals surface area contributed by atoms with E-state index in [4.69, 9.17) is 5.73 Å². The first-order chi connectivity index (χ1) is 8.72. The summed E-state index contributed by atoms with van der Waals surface area (Å²) in [4.78, 5) is 6.85. The Bertz CT molecular complexity index is 352. The standard InChI is InChI=1S/C14H26N4/c1-12(2)13(9-15)14-10-16-11-18(14)8-7-17-5-3-4-6-17/h10-13H,3-9,15H2,1-2H3. The Morgan fingerprint density at radius 3 is 2.61 bits per heavy atom. The molecule has 18 heavy (non-hydrogen) atoms. The van der Waals surface area contributed by atoms with E-state index in [9.17, 15) is 0 Å². The highest BCUT2D eigenvalue weighted by Crippen LogP contribution is 2.23. The zero-order valence-electron chi connectivity index (χ0n) is 11.7. The maximum absolute atomic E-state index is 5.90. The predicted molar refractivity (Wildman–Crippen MR) is 74.5 cm³/mol. The topological polar surface area (TPSA) is 47.1 Å². The maximum atomic E-state index is 5.90. The third kappa shape index (κ3) is 3.12. The Labute approximate surface area is 110 Å². The summed E-state index contributed by atoms with van der Waals surface area (Å²) >= 11 is 0. The normalized spacial score (nSPS) is 18.7. The minimum atomic E-state index is 0.422. The molecule has 1 aliphatic heterocycles. The van der Waals surface area contributed by atoms with Gasteiger partial charge in [0.1, 0.15) is 0 Å². The van der Waals surface area contributed by atoms with Crippen LogP contribution in [0.3, 0.4) is 0 Å². The Morgan fingerprint density at radius 2 is 2.00 bits per heavy atom. The van der Waals surface area contributed by atoms with Gasteiger partial charge in [-0.3, -0.25) is 0 Å². The van der Waals surface area contributed by atoms with Gasteiger partial charge in [-0.15, -0.1) is 0 Å². The van der Waals surface area contributed by atoms with Gasteiger partial charge >= 0.3 is 0 Å². The van der Waals surface area contributed by atoms with E-state index in [0.29, 0.717) is 18.4 Å². The summed E-state index contributed by atoms with van der Waals surface area (Å²) in [6, 6.07) is 0. The van der Waals surface area contributed by atoms with Gasteiger partial charge in [-0.2, -0.15) is 0 Å². The quantitative estimate of drug-likeness (QED) is 0.835. The van der Waals surface area contributed by atoms with Crippen LogP contribution in [0.4, 0.5) is 0 Å². The van der Waals surface area contributed by atoms with Gasteiger partial charge in [0.05, 0.1) is 6.33 Å². The van der Waals surface area contributed by atoms with Crippen molar-refractivity contribution in [3.63, 3.8) is 0 Å². The molecule has 1 unspecified atom stereocenters. The van der Waals surface area contributed by atoms with Crippen LogP contribution >= 0.6 is 0 Å². The largest absolute Gasteiger partial charge is 0.333 e. The van der Waals surface area contributed by atoms with E-state index in [1.54, 1.807) is 0 Å². The van der Waals surface area contributed by atoms with Crippen LogP contribution in [0.1, 0.15) is 38.3 Å². The summed E-state index contributed by atoms with van der Waals surface area (Å²) < 4.78 is 2.29. The molecular weight excluding hydrogens is 224 g/mol. The fourth-order valence-electron chi connectivity index (χ4n) is 2.82. The fraction of sp³-hybridized carbons (Fsp3) is 0.786. The van der Waals surface area contributed by atoms with Crippen molar-refractivity contribution >= 4 is 0 Å². The first-order valence-corrected chi connectivity index (χ1v) is 7.14. The molecule has 0 radical (unpaired) electrons. The van der Waals surface area contributed by atoms with Crippen LogP contribution in [0.15, 0.2) is 12.5 Å². The molecule has 0 amide bonds. The molecular formula is C14H26N4. The highest BCUT2D eigenvalue weighted by molar-refractivity contribution is 5.08. The average molecular weight is 250 g/mol. The lowest BCUT2D eigenvalue weighted by molar-refractivity contribution is 0.317. The molecule has 2 heterocycles. The van der Waals surface area contributed by atoms with Gasteiger partial charge in [0.2, 0.25) is 0 Å². The molecule has 1 saturated heterocycles. The number of imidazole rings is 1. The van der Waals surface area contributed by atoms with Crippen LogP contribution in [0.5, 0.6) is 0 Å². The molecule has 2 N–H and O–H groups in total. The van der Waals surface area contributed by atoms with Crippen molar-refractivity contribution in [1.29, 1.82) is 0 Å². The van der Waals surface area contributed by atoms with Crippen molar-refractivity contribution in [2.75, 3.05) is 26.2 Å². The van der Waals surface area contributed by atoms with Gasteiger partial charge in [0.25, 0.3) is 0 Å². The smallest absolute Gasteiger partial charge is 0.0948 e. The zero-order valence-corrected chi connectivity index (χ0v) is 11.7. The Balaban J connectivity index is 1.97. The van der Waals surface area contributed by atoms with Gasteiger partial charge in [-0.1, -0.05) is 13.8 Å². The van der Waals surface area contributed by atoms with Crippen molar-refractivity contribution < 1.29 is 0 Å². The molecule has 2 rings (SSSR count). The second-order valence-corrected chi connectivity index (χ2v) is 5.65. The lowest BCUT2D eigenvalue weighted by Gasteiger charge is -2.22. The molecule has 0 spiro atoms. The van der Waals surface area contributed by atoms with E-state index in [2.05, 4.69) is 28.3 Å². The number of hydrogen-bond donors (Lipinski definition) is 1. The summed E-state index contributed by atoms with van der Waals surface area (Å²) in [5, 5.41) is 0. The maximum Gasteiger partial charge on any atom is 0.0948 e. The second kappa shape index (κ2) is 6.34. The zero-order chi connectivity index (χ0) is 13.0. The predicted octanol–water partition coefficient (Wildman–Crippen LogP) is 1.68. The van der Waals surface area contributed by atoms with Crippen molar-refractivity contribution in [1.82, 2.24) is 14.5 Å². The van der Waals surface area contributed by atoms with Crippen molar-refractivity contribution in [2.24, 2.45) is 11.7 Å². The SMILES string of the molecule is CC(C)C(CN)c1cncn1CCN1CCCC1. The van der Waals surface area contributed by atoms with E-state index in [1.807, 2.05) is 12.5 Å². The fourth-order valence-corrected chi connectivity index (χ4v) is 2.82. The second-order valence-electron chi connectivity index (χ2n) is 5.65. The molecule has 1 atom stereocenters. The van der Waals surface area contributed by atoms with E-state index < -0.39 is 0 Å². The summed E-state index contributed by atoms with van der Waals surface area (Å²) in [7, 11) is 0. The van der Waals surface area contributed by atoms with Gasteiger partial charge in [0, 0.05) is 37.4 Å². The molecule has 1 aliphatic rings. The third-order valence-corrected chi connectivity index (χ3v) is 4.04. The lowest BCUT2D eigenvalue weighted by Crippen LogP contribution is -2.26. The van der Waals surface area contributed by atoms with Crippen molar-refractivity contribution in [2.45, 2.75) is 39.2 Å². The van der Waals surface area contributed by atoms with E-state index in [1.165, 1.54) is 31.6 Å². The lowest BCUT2D eigenvalue weighted by atomic mass is 9.93. The number of nitrogens with zero attached hydrogens (tertiary/aromatic N) is 3. The van der Waals surface area contributed by atoms with Crippen LogP contribution in [0.2, 0.25) is 0 Å². The average Bonchev–Trinajstić information content (AvgIpc) is 2.97. The molecule has 0 aliphatic carbocycles. The summed E-state index contributed by atoms with van der Waals surface area (Å²) in [5.74, 6) is 0.989. The van der Waals surface area contributed by atoms with E-state index in [-0.39, 0.29) is 0 Å². The molecule has 102 valence electrons. The molecule has 0 aromatic carbocycles. The number of nitrogens with two attached hydrogens (primary N) is 1. The molecule has 1 fully saturated rings. The van der Waals surface area contributed by atoms with Gasteiger partial charge in [0.15, 0.2) is 0 Å². The monoisotopic (exact) mass is 250 g/mol.